The van der Waals surface area contributed by atoms with E-state index >= 15 is 0 Å². The number of esters is 1. The maximum absolute atomic E-state index is 13.4. The van der Waals surface area contributed by atoms with Crippen molar-refractivity contribution in [1.29, 1.82) is 0 Å². The van der Waals surface area contributed by atoms with Gasteiger partial charge >= 0.3 is 5.97 Å². The summed E-state index contributed by atoms with van der Waals surface area (Å²) in [5, 5.41) is 15.4. The Morgan fingerprint density at radius 2 is 1.71 bits per heavy atom. The highest BCUT2D eigenvalue weighted by atomic mass is 32.2. The second-order valence-corrected chi connectivity index (χ2v) is 22.8. The Labute approximate surface area is 337 Å². The van der Waals surface area contributed by atoms with Crippen molar-refractivity contribution in [1.82, 2.24) is 10.3 Å². The maximum Gasteiger partial charge on any atom is 0.315 e. The highest BCUT2D eigenvalue weighted by molar-refractivity contribution is 7.91. The minimum absolute atomic E-state index is 0.117. The zero-order chi connectivity index (χ0) is 39.6. The monoisotopic (exact) mass is 790 g/mol. The Morgan fingerprint density at radius 3 is 2.43 bits per heavy atom. The van der Waals surface area contributed by atoms with Crippen LogP contribution in [0.1, 0.15) is 137 Å². The van der Waals surface area contributed by atoms with E-state index in [4.69, 9.17) is 9.47 Å². The van der Waals surface area contributed by atoms with Crippen LogP contribution >= 0.6 is 0 Å². The van der Waals surface area contributed by atoms with Crippen LogP contribution in [0, 0.1) is 51.2 Å². The van der Waals surface area contributed by atoms with Crippen molar-refractivity contribution in [3.8, 4) is 5.88 Å². The first-order valence-corrected chi connectivity index (χ1v) is 24.2. The smallest absolute Gasteiger partial charge is 0.315 e. The minimum Gasteiger partial charge on any atom is -0.476 e. The molecule has 8 rings (SSSR count). The summed E-state index contributed by atoms with van der Waals surface area (Å²) in [6, 6.07) is 5.62. The van der Waals surface area contributed by atoms with E-state index in [2.05, 4.69) is 50.1 Å². The molecule has 0 spiro atoms. The summed E-state index contributed by atoms with van der Waals surface area (Å²) in [5.41, 5.74) is 2.46. The highest BCUT2D eigenvalue weighted by Gasteiger charge is 2.68. The quantitative estimate of drug-likeness (QED) is 0.226. The predicted molar refractivity (Wildman–Crippen MR) is 221 cm³/mol. The Morgan fingerprint density at radius 1 is 0.911 bits per heavy atom. The van der Waals surface area contributed by atoms with E-state index in [0.29, 0.717) is 72.7 Å². The molecule has 1 aliphatic heterocycles. The van der Waals surface area contributed by atoms with Crippen LogP contribution in [0.5, 0.6) is 5.88 Å². The van der Waals surface area contributed by atoms with Crippen LogP contribution in [0.4, 0.5) is 0 Å². The summed E-state index contributed by atoms with van der Waals surface area (Å²) in [7, 11) is -3.00. The summed E-state index contributed by atoms with van der Waals surface area (Å²) in [4.78, 5) is 17.8. The molecule has 2 N–H and O–H groups in total. The molecule has 0 amide bonds. The number of pyridine rings is 1. The zero-order valence-corrected chi connectivity index (χ0v) is 35.9. The van der Waals surface area contributed by atoms with Gasteiger partial charge in [0, 0.05) is 17.8 Å². The summed E-state index contributed by atoms with van der Waals surface area (Å²) < 4.78 is 35.8. The summed E-state index contributed by atoms with van der Waals surface area (Å²) in [5.74, 6) is 3.86. The molecular weight excluding hydrogens is 721 g/mol. The molecule has 7 aliphatic rings. The van der Waals surface area contributed by atoms with Gasteiger partial charge in [-0.05, 0) is 173 Å². The Bertz CT molecular complexity index is 1800. The number of rotatable bonds is 10. The first-order chi connectivity index (χ1) is 26.6. The number of sulfone groups is 1. The number of hydrogen-bond acceptors (Lipinski definition) is 8. The lowest BCUT2D eigenvalue weighted by atomic mass is 9.34. The largest absolute Gasteiger partial charge is 0.476 e. The first kappa shape index (κ1) is 40.5. The molecule has 6 aliphatic carbocycles. The second-order valence-electron chi connectivity index (χ2n) is 20.5. The SMILES string of the molecule is CCOC(=O)C1(COc2ccccn2)CC=C(C2=CC[C@@]3(C)C(CC[C@]4(C)C3CC[C@@H]3[C@H]5CCC[C@]5(NCCC5(O)CCS(=O)(=O)CC5)CC[C@]34C)C2C)CC1. The van der Waals surface area contributed by atoms with Gasteiger partial charge in [0.05, 0.1) is 23.7 Å². The van der Waals surface area contributed by atoms with Crippen molar-refractivity contribution < 1.29 is 27.8 Å². The number of fused-ring (bicyclic) bond motifs is 7. The molecule has 1 aromatic heterocycles. The van der Waals surface area contributed by atoms with Gasteiger partial charge in [0.25, 0.3) is 0 Å². The molecule has 4 unspecified atom stereocenters. The average Bonchev–Trinajstić information content (AvgIpc) is 3.61. The number of hydrogen-bond donors (Lipinski definition) is 2. The van der Waals surface area contributed by atoms with Crippen molar-refractivity contribution >= 4 is 15.8 Å². The third-order valence-electron chi connectivity index (χ3n) is 18.2. The highest BCUT2D eigenvalue weighted by Crippen LogP contribution is 2.75. The topological polar surface area (TPSA) is 115 Å². The molecular formula is C47H70N2O6S. The third-order valence-corrected chi connectivity index (χ3v) is 19.9. The lowest BCUT2D eigenvalue weighted by Gasteiger charge is -2.71. The molecule has 0 radical (unpaired) electrons. The van der Waals surface area contributed by atoms with Crippen LogP contribution in [-0.2, 0) is 19.4 Å². The van der Waals surface area contributed by atoms with Gasteiger partial charge in [-0.1, -0.05) is 52.3 Å². The summed E-state index contributed by atoms with van der Waals surface area (Å²) in [6.07, 6.45) is 23.0. The Balaban J connectivity index is 0.964. The van der Waals surface area contributed by atoms with Crippen LogP contribution in [0.3, 0.4) is 0 Å². The third kappa shape index (κ3) is 6.73. The second kappa shape index (κ2) is 14.8. The van der Waals surface area contributed by atoms with Gasteiger partial charge in [-0.3, -0.25) is 4.79 Å². The molecule has 2 heterocycles. The van der Waals surface area contributed by atoms with E-state index in [1.807, 2.05) is 25.1 Å². The molecule has 8 nitrogen and oxygen atoms in total. The predicted octanol–water partition coefficient (Wildman–Crippen LogP) is 8.79. The maximum atomic E-state index is 13.4. The minimum atomic E-state index is -3.00. The van der Waals surface area contributed by atoms with Crippen LogP contribution in [0.2, 0.25) is 0 Å². The van der Waals surface area contributed by atoms with Gasteiger partial charge < -0.3 is 19.9 Å². The molecule has 1 saturated heterocycles. The summed E-state index contributed by atoms with van der Waals surface area (Å²) in [6.45, 7) is 13.9. The normalized spacial score (nSPS) is 42.5. The van der Waals surface area contributed by atoms with Gasteiger partial charge in [0.2, 0.25) is 5.88 Å². The van der Waals surface area contributed by atoms with Crippen molar-refractivity contribution in [2.75, 3.05) is 31.3 Å². The van der Waals surface area contributed by atoms with Gasteiger partial charge in [0.15, 0.2) is 9.84 Å². The van der Waals surface area contributed by atoms with Crippen molar-refractivity contribution in [2.45, 2.75) is 148 Å². The van der Waals surface area contributed by atoms with Gasteiger partial charge in [-0.2, -0.15) is 0 Å². The van der Waals surface area contributed by atoms with Gasteiger partial charge in [-0.25, -0.2) is 13.4 Å². The number of allylic oxidation sites excluding steroid dienone is 4. The molecule has 1 aromatic rings. The van der Waals surface area contributed by atoms with Crippen LogP contribution in [-0.4, -0.2) is 66.9 Å². The molecule has 0 aromatic carbocycles. The number of aromatic nitrogens is 1. The number of ether oxygens (including phenoxy) is 2. The van der Waals surface area contributed by atoms with Gasteiger partial charge in [-0.15, -0.1) is 0 Å². The van der Waals surface area contributed by atoms with Crippen LogP contribution in [0.25, 0.3) is 0 Å². The summed E-state index contributed by atoms with van der Waals surface area (Å²) >= 11 is 0. The molecule has 4 saturated carbocycles. The molecule has 0 bridgehead atoms. The van der Waals surface area contributed by atoms with E-state index in [9.17, 15) is 18.3 Å². The number of carbonyl (C=O) groups is 1. The van der Waals surface area contributed by atoms with E-state index in [1.54, 1.807) is 6.20 Å². The van der Waals surface area contributed by atoms with Crippen LogP contribution in [0.15, 0.2) is 47.7 Å². The molecule has 5 fully saturated rings. The van der Waals surface area contributed by atoms with Crippen molar-refractivity contribution in [3.63, 3.8) is 0 Å². The van der Waals surface area contributed by atoms with Crippen LogP contribution < -0.4 is 10.1 Å². The number of nitrogens with zero attached hydrogens (tertiary/aromatic N) is 1. The molecule has 56 heavy (non-hydrogen) atoms. The Kier molecular flexibility index (Phi) is 10.7. The van der Waals surface area contributed by atoms with Crippen molar-refractivity contribution in [3.05, 3.63) is 47.7 Å². The van der Waals surface area contributed by atoms with E-state index in [1.165, 1.54) is 68.9 Å². The van der Waals surface area contributed by atoms with Crippen molar-refractivity contribution in [2.24, 2.45) is 51.2 Å². The fourth-order valence-electron chi connectivity index (χ4n) is 14.7. The molecule has 310 valence electrons. The lowest BCUT2D eigenvalue weighted by Crippen LogP contribution is -2.67. The Hall–Kier alpha value is -2.23. The van der Waals surface area contributed by atoms with E-state index in [0.717, 1.165) is 31.7 Å². The standard InChI is InChI=1S/C47H70N2O6S/c1-6-54-41(50)45(32-55-40-11-7-8-28-48-40)21-14-34(15-22-45)35-16-19-42(3)36(33(35)2)17-20-44(5)39(42)13-12-37-38-10-9-18-47(38,24-23-43(37,44)4)49-29-25-46(51)26-30-56(52,53)31-27-46/h7-8,11,14,16,28,33,36-39,49,51H,6,9-10,12-13,15,17-27,29-32H2,1-5H3/t33?,36?,37-,38-,39?,42+,43-,44-,45?,47+/m1/s1. The van der Waals surface area contributed by atoms with Gasteiger partial charge in [0.1, 0.15) is 12.0 Å². The molecule has 9 heteroatoms. The zero-order valence-electron chi connectivity index (χ0n) is 35.0. The number of aliphatic hydroxyl groups is 1. The average molecular weight is 791 g/mol. The number of nitrogens with one attached hydrogen (secondary N) is 1. The van der Waals surface area contributed by atoms with E-state index in [-0.39, 0.29) is 35.0 Å². The number of carbonyl (C=O) groups excluding carboxylic acids is 1. The fraction of sp³-hybridized carbons (Fsp3) is 0.787. The first-order valence-electron chi connectivity index (χ1n) is 22.4. The fourth-order valence-corrected chi connectivity index (χ4v) is 16.3. The lowest BCUT2D eigenvalue weighted by molar-refractivity contribution is -0.212. The van der Waals surface area contributed by atoms with E-state index < -0.39 is 20.9 Å². The molecule has 10 atom stereocenters.